The zero-order valence-corrected chi connectivity index (χ0v) is 21.4. The maximum atomic E-state index is 10.6. The Morgan fingerprint density at radius 2 is 1.55 bits per heavy atom. The number of halogens is 6. The van der Waals surface area contributed by atoms with Crippen LogP contribution in [0.2, 0.25) is 0 Å². The number of hydrogen-bond acceptors (Lipinski definition) is 7. The summed E-state index contributed by atoms with van der Waals surface area (Å²) in [5, 5.41) is 32.0. The fourth-order valence-corrected chi connectivity index (χ4v) is 3.72. The first-order valence-electron chi connectivity index (χ1n) is 11.8. The van der Waals surface area contributed by atoms with Gasteiger partial charge in [0.05, 0.1) is 29.9 Å². The molecule has 1 aliphatic heterocycles. The molecule has 3 heterocycles. The first-order valence-corrected chi connectivity index (χ1v) is 11.8. The third-order valence-electron chi connectivity index (χ3n) is 5.87. The molecule has 3 aromatic rings. The number of likely N-dealkylation sites (tertiary alicyclic amines) is 1. The lowest BCUT2D eigenvalue weighted by atomic mass is 9.97. The van der Waals surface area contributed by atoms with Crippen LogP contribution in [0.5, 0.6) is 0 Å². The summed E-state index contributed by atoms with van der Waals surface area (Å²) < 4.78 is 67.5. The molecular weight excluding hydrogens is 554 g/mol. The molecule has 0 bridgehead atoms. The number of piperidine rings is 1. The summed E-state index contributed by atoms with van der Waals surface area (Å²) in [7, 11) is 2.10. The number of aliphatic hydroxyl groups excluding tert-OH is 1. The van der Waals surface area contributed by atoms with Crippen molar-refractivity contribution in [2.75, 3.05) is 13.1 Å². The second-order valence-electron chi connectivity index (χ2n) is 8.94. The number of carbonyl (C=O) groups is 2. The van der Waals surface area contributed by atoms with Crippen LogP contribution in [0.3, 0.4) is 0 Å². The van der Waals surface area contributed by atoms with Crippen molar-refractivity contribution in [1.29, 1.82) is 0 Å². The van der Waals surface area contributed by atoms with Gasteiger partial charge in [-0.15, -0.1) is 5.10 Å². The number of aromatic nitrogens is 5. The van der Waals surface area contributed by atoms with Gasteiger partial charge in [-0.05, 0) is 50.9 Å². The summed E-state index contributed by atoms with van der Waals surface area (Å²) in [6.07, 6.45) is -6.57. The van der Waals surface area contributed by atoms with E-state index in [1.807, 2.05) is 16.9 Å². The van der Waals surface area contributed by atoms with Gasteiger partial charge in [-0.2, -0.15) is 26.3 Å². The summed E-state index contributed by atoms with van der Waals surface area (Å²) in [5.41, 5.74) is 2.90. The number of fused-ring (bicyclic) bond motifs is 1. The Kier molecular flexibility index (Phi) is 11.0. The van der Waals surface area contributed by atoms with Crippen LogP contribution in [0.4, 0.5) is 26.3 Å². The Hall–Kier alpha value is -3.73. The largest absolute Gasteiger partial charge is 0.490 e. The van der Waals surface area contributed by atoms with Crippen LogP contribution in [-0.2, 0) is 29.7 Å². The fraction of sp³-hybridized carbons (Fsp3) is 0.522. The summed E-state index contributed by atoms with van der Waals surface area (Å²) in [5.74, 6) is -3.78. The lowest BCUT2D eigenvalue weighted by molar-refractivity contribution is -0.193. The zero-order chi connectivity index (χ0) is 30.3. The number of imidazole rings is 1. The fourth-order valence-electron chi connectivity index (χ4n) is 3.72. The minimum absolute atomic E-state index is 0.557. The van der Waals surface area contributed by atoms with Crippen molar-refractivity contribution in [3.05, 3.63) is 42.0 Å². The Balaban J connectivity index is 0.000000333. The van der Waals surface area contributed by atoms with Gasteiger partial charge in [0.15, 0.2) is 0 Å². The first-order chi connectivity index (χ1) is 18.5. The van der Waals surface area contributed by atoms with Gasteiger partial charge in [-0.3, -0.25) is 9.58 Å². The average molecular weight is 583 g/mol. The van der Waals surface area contributed by atoms with Gasteiger partial charge in [0.2, 0.25) is 0 Å². The van der Waals surface area contributed by atoms with Crippen molar-refractivity contribution in [2.45, 2.75) is 51.3 Å². The van der Waals surface area contributed by atoms with Gasteiger partial charge in [0.25, 0.3) is 0 Å². The molecule has 0 saturated carbocycles. The van der Waals surface area contributed by atoms with Crippen molar-refractivity contribution >= 4 is 23.0 Å². The monoisotopic (exact) mass is 582 g/mol. The highest BCUT2D eigenvalue weighted by molar-refractivity contribution is 5.75. The molecule has 1 unspecified atom stereocenters. The second kappa shape index (κ2) is 13.6. The highest BCUT2D eigenvalue weighted by atomic mass is 19.4. The molecule has 0 amide bonds. The molecule has 1 aliphatic rings. The number of nitrogens with zero attached hydrogens (tertiary/aromatic N) is 6. The van der Waals surface area contributed by atoms with Gasteiger partial charge in [-0.1, -0.05) is 17.3 Å². The minimum atomic E-state index is -5.08. The molecule has 11 nitrogen and oxygen atoms in total. The lowest BCUT2D eigenvalue weighted by Gasteiger charge is -2.31. The van der Waals surface area contributed by atoms with Crippen molar-refractivity contribution in [3.63, 3.8) is 0 Å². The molecule has 4 rings (SSSR count). The predicted octanol–water partition coefficient (Wildman–Crippen LogP) is 3.40. The average Bonchev–Trinajstić information content (AvgIpc) is 3.45. The van der Waals surface area contributed by atoms with Crippen molar-refractivity contribution in [2.24, 2.45) is 13.0 Å². The second-order valence-corrected chi connectivity index (χ2v) is 8.94. The summed E-state index contributed by atoms with van der Waals surface area (Å²) in [6.45, 7) is 5.64. The molecule has 0 radical (unpaired) electrons. The molecule has 1 fully saturated rings. The number of para-hydroxylation sites is 2. The van der Waals surface area contributed by atoms with Crippen LogP contribution >= 0.6 is 0 Å². The standard InChI is InChI=1S/C19H26N6O.2C2HF3O2/c1-14(26)17-12-25(22-21-17)11-15-7-9-24(10-8-15)13-19-20-16-5-3-4-6-18(16)23(19)2;2*3-2(4,5)1(6)7/h3-6,12,14-15,26H,7-11,13H2,1-2H3;2*(H,6,7). The van der Waals surface area contributed by atoms with Crippen LogP contribution in [0, 0.1) is 5.92 Å². The SMILES string of the molecule is CC(O)c1cn(CC2CCN(Cc3nc4ccccc4n3C)CC2)nn1.O=C(O)C(F)(F)F.O=C(O)C(F)(F)F. The number of aliphatic hydroxyl groups is 1. The van der Waals surface area contributed by atoms with E-state index in [0.29, 0.717) is 11.6 Å². The molecule has 1 atom stereocenters. The molecule has 222 valence electrons. The number of aryl methyl sites for hydroxylation is 1. The third kappa shape index (κ3) is 9.78. The molecule has 17 heteroatoms. The smallest absolute Gasteiger partial charge is 0.475 e. The Morgan fingerprint density at radius 1 is 1.02 bits per heavy atom. The minimum Gasteiger partial charge on any atom is -0.475 e. The van der Waals surface area contributed by atoms with Crippen molar-refractivity contribution < 1.29 is 51.3 Å². The van der Waals surface area contributed by atoms with Gasteiger partial charge < -0.3 is 19.9 Å². The number of rotatable bonds is 5. The molecule has 0 aliphatic carbocycles. The predicted molar refractivity (Wildman–Crippen MR) is 127 cm³/mol. The quantitative estimate of drug-likeness (QED) is 0.385. The van der Waals surface area contributed by atoms with E-state index in [4.69, 9.17) is 24.8 Å². The van der Waals surface area contributed by atoms with E-state index in [-0.39, 0.29) is 0 Å². The normalized spacial score (nSPS) is 15.5. The van der Waals surface area contributed by atoms with Crippen LogP contribution in [-0.4, -0.2) is 82.1 Å². The summed E-state index contributed by atoms with van der Waals surface area (Å²) in [4.78, 5) is 25.1. The van der Waals surface area contributed by atoms with Gasteiger partial charge in [0.1, 0.15) is 11.5 Å². The highest BCUT2D eigenvalue weighted by Crippen LogP contribution is 2.22. The van der Waals surface area contributed by atoms with Gasteiger partial charge in [0, 0.05) is 13.6 Å². The van der Waals surface area contributed by atoms with Crippen LogP contribution in [0.25, 0.3) is 11.0 Å². The van der Waals surface area contributed by atoms with E-state index in [2.05, 4.69) is 45.0 Å². The molecule has 40 heavy (non-hydrogen) atoms. The van der Waals surface area contributed by atoms with Gasteiger partial charge in [-0.25, -0.2) is 14.6 Å². The van der Waals surface area contributed by atoms with E-state index < -0.39 is 30.4 Å². The first kappa shape index (κ1) is 32.5. The number of hydrogen-bond donors (Lipinski definition) is 3. The molecule has 1 aromatic carbocycles. The van der Waals surface area contributed by atoms with E-state index in [0.717, 1.165) is 50.4 Å². The Bertz CT molecular complexity index is 1240. The maximum absolute atomic E-state index is 10.6. The molecule has 3 N–H and O–H groups in total. The molecule has 1 saturated heterocycles. The van der Waals surface area contributed by atoms with Gasteiger partial charge >= 0.3 is 24.3 Å². The number of carboxylic acids is 2. The summed E-state index contributed by atoms with van der Waals surface area (Å²) >= 11 is 0. The number of alkyl halides is 6. The lowest BCUT2D eigenvalue weighted by Crippen LogP contribution is -2.35. The Labute approximate surface area is 223 Å². The van der Waals surface area contributed by atoms with Crippen LogP contribution in [0.1, 0.15) is 37.4 Å². The number of benzene rings is 1. The topological polar surface area (TPSA) is 147 Å². The van der Waals surface area contributed by atoms with Crippen LogP contribution < -0.4 is 0 Å². The van der Waals surface area contributed by atoms with Crippen molar-refractivity contribution in [1.82, 2.24) is 29.4 Å². The Morgan fingerprint density at radius 3 is 2.00 bits per heavy atom. The maximum Gasteiger partial charge on any atom is 0.490 e. The number of aliphatic carboxylic acids is 2. The molecule has 2 aromatic heterocycles. The molecule has 0 spiro atoms. The van der Waals surface area contributed by atoms with E-state index in [1.165, 1.54) is 5.52 Å². The third-order valence-corrected chi connectivity index (χ3v) is 5.87. The van der Waals surface area contributed by atoms with Crippen LogP contribution in [0.15, 0.2) is 30.5 Å². The van der Waals surface area contributed by atoms with E-state index in [1.54, 1.807) is 6.92 Å². The molecular formula is C23H28F6N6O5. The van der Waals surface area contributed by atoms with Crippen molar-refractivity contribution in [3.8, 4) is 0 Å². The van der Waals surface area contributed by atoms with E-state index in [9.17, 15) is 31.4 Å². The number of carboxylic acid groups (broad SMARTS) is 2. The zero-order valence-electron chi connectivity index (χ0n) is 21.4. The highest BCUT2D eigenvalue weighted by Gasteiger charge is 2.38. The summed E-state index contributed by atoms with van der Waals surface area (Å²) in [6, 6.07) is 8.30. The van der Waals surface area contributed by atoms with E-state index >= 15 is 0 Å².